The van der Waals surface area contributed by atoms with E-state index in [-0.39, 0.29) is 36.4 Å². The second-order valence-electron chi connectivity index (χ2n) is 5.38. The molecule has 0 N–H and O–H groups in total. The lowest BCUT2D eigenvalue weighted by Crippen LogP contribution is -2.29. The summed E-state index contributed by atoms with van der Waals surface area (Å²) in [6.07, 6.45) is 0. The van der Waals surface area contributed by atoms with Gasteiger partial charge in [0.1, 0.15) is 10.0 Å². The smallest absolute Gasteiger partial charge is 0.330 e. The number of carbonyl (C=O) groups is 3. The molecule has 6 nitrogen and oxygen atoms in total. The fourth-order valence-electron chi connectivity index (χ4n) is 2.10. The van der Waals surface area contributed by atoms with Crippen LogP contribution in [0.1, 0.15) is 18.4 Å². The van der Waals surface area contributed by atoms with Crippen LogP contribution in [0.15, 0.2) is 30.3 Å². The van der Waals surface area contributed by atoms with Crippen molar-refractivity contribution < 1.29 is 28.6 Å². The molecule has 11 heteroatoms. The highest BCUT2D eigenvalue weighted by Gasteiger charge is 2.34. The average Bonchev–Trinajstić information content (AvgIpc) is 2.69. The molecule has 154 valence electrons. The van der Waals surface area contributed by atoms with E-state index in [4.69, 9.17) is 67.5 Å². The summed E-state index contributed by atoms with van der Waals surface area (Å²) in [6.45, 7) is 0.458. The van der Waals surface area contributed by atoms with E-state index in [1.165, 1.54) is 12.1 Å². The normalized spacial score (nSPS) is 11.5. The van der Waals surface area contributed by atoms with Gasteiger partial charge in [0.05, 0.1) is 15.1 Å². The maximum absolute atomic E-state index is 12.8. The minimum Gasteiger partial charge on any atom is -0.428 e. The van der Waals surface area contributed by atoms with Crippen molar-refractivity contribution in [3.05, 3.63) is 61.0 Å². The highest BCUT2D eigenvalue weighted by atomic mass is 35.5. The Morgan fingerprint density at radius 1 is 0.793 bits per heavy atom. The maximum atomic E-state index is 12.8. The number of benzene rings is 2. The summed E-state index contributed by atoms with van der Waals surface area (Å²) in [4.78, 5) is 36.1. The lowest BCUT2D eigenvalue weighted by molar-refractivity contribution is -0.168. The Kier molecular flexibility index (Phi) is 8.43. The lowest BCUT2D eigenvalue weighted by Gasteiger charge is -2.17. The van der Waals surface area contributed by atoms with Crippen LogP contribution < -0.4 is 4.74 Å². The molecule has 0 bridgehead atoms. The first-order chi connectivity index (χ1) is 13.6. The Labute approximate surface area is 190 Å². The van der Waals surface area contributed by atoms with Gasteiger partial charge in [0.15, 0.2) is 11.7 Å². The van der Waals surface area contributed by atoms with Crippen molar-refractivity contribution in [3.8, 4) is 5.75 Å². The van der Waals surface area contributed by atoms with E-state index < -0.39 is 30.6 Å². The van der Waals surface area contributed by atoms with Gasteiger partial charge in [-0.15, -0.1) is 0 Å². The first-order valence-electron chi connectivity index (χ1n) is 7.73. The predicted octanol–water partition coefficient (Wildman–Crippen LogP) is 5.71. The molecule has 0 radical (unpaired) electrons. The Balaban J connectivity index is 2.36. The third-order valence-corrected chi connectivity index (χ3v) is 5.68. The Morgan fingerprint density at radius 3 is 1.83 bits per heavy atom. The lowest BCUT2D eigenvalue weighted by atomic mass is 9.99. The van der Waals surface area contributed by atoms with Crippen molar-refractivity contribution in [2.24, 2.45) is 0 Å². The standard InChI is InChI=1S/C18H11Cl5O6/c1-8(24)27-7-28-17(25)10(9-5-3-2-4-6-9)18(26)29-16-14(22)12(20)11(19)13(21)15(16)23/h2-6,10H,7H2,1H3. The number of ether oxygens (including phenoxy) is 3. The molecular weight excluding hydrogens is 489 g/mol. The van der Waals surface area contributed by atoms with Crippen LogP contribution in [-0.4, -0.2) is 24.7 Å². The van der Waals surface area contributed by atoms with E-state index in [9.17, 15) is 14.4 Å². The van der Waals surface area contributed by atoms with Gasteiger partial charge >= 0.3 is 17.9 Å². The van der Waals surface area contributed by atoms with E-state index in [2.05, 4.69) is 4.74 Å². The van der Waals surface area contributed by atoms with Crippen molar-refractivity contribution in [2.45, 2.75) is 12.8 Å². The van der Waals surface area contributed by atoms with Crippen molar-refractivity contribution >= 4 is 75.9 Å². The zero-order valence-electron chi connectivity index (χ0n) is 14.5. The van der Waals surface area contributed by atoms with Gasteiger partial charge in [0, 0.05) is 6.92 Å². The third kappa shape index (κ3) is 5.68. The summed E-state index contributed by atoms with van der Waals surface area (Å²) in [5, 5.41) is -1.01. The Bertz CT molecular complexity index is 918. The number of rotatable bonds is 6. The van der Waals surface area contributed by atoms with Crippen LogP contribution in [0.5, 0.6) is 5.75 Å². The van der Waals surface area contributed by atoms with Crippen molar-refractivity contribution in [1.82, 2.24) is 0 Å². The fraction of sp³-hybridized carbons (Fsp3) is 0.167. The van der Waals surface area contributed by atoms with E-state index in [1.54, 1.807) is 18.2 Å². The molecule has 0 aliphatic carbocycles. The second-order valence-corrected chi connectivity index (χ2v) is 7.27. The van der Waals surface area contributed by atoms with Gasteiger partial charge in [-0.2, -0.15) is 0 Å². The predicted molar refractivity (Wildman–Crippen MR) is 109 cm³/mol. The van der Waals surface area contributed by atoms with Crippen molar-refractivity contribution in [1.29, 1.82) is 0 Å². The number of halogens is 5. The van der Waals surface area contributed by atoms with Gasteiger partial charge in [-0.05, 0) is 5.56 Å². The largest absolute Gasteiger partial charge is 0.428 e. The quantitative estimate of drug-likeness (QED) is 0.126. The third-order valence-electron chi connectivity index (χ3n) is 3.44. The van der Waals surface area contributed by atoms with Crippen LogP contribution in [-0.2, 0) is 23.9 Å². The first kappa shape index (κ1) is 23.6. The molecule has 1 unspecified atom stereocenters. The summed E-state index contributed by atoms with van der Waals surface area (Å²) in [5.41, 5.74) is 0.253. The molecule has 0 spiro atoms. The van der Waals surface area contributed by atoms with Gasteiger partial charge < -0.3 is 14.2 Å². The highest BCUT2D eigenvalue weighted by molar-refractivity contribution is 6.55. The number of carbonyl (C=O) groups excluding carboxylic acids is 3. The van der Waals surface area contributed by atoms with Gasteiger partial charge in [-0.3, -0.25) is 14.4 Å². The summed E-state index contributed by atoms with van der Waals surface area (Å²) < 4.78 is 14.6. The van der Waals surface area contributed by atoms with Gasteiger partial charge in [-0.25, -0.2) is 0 Å². The summed E-state index contributed by atoms with van der Waals surface area (Å²) >= 11 is 29.9. The molecule has 0 heterocycles. The molecule has 2 aromatic rings. The SMILES string of the molecule is CC(=O)OCOC(=O)C(C(=O)Oc1c(Cl)c(Cl)c(Cl)c(Cl)c1Cl)c1ccccc1. The minimum absolute atomic E-state index is 0.122. The van der Waals surface area contributed by atoms with Crippen LogP contribution >= 0.6 is 58.0 Å². The molecule has 0 saturated heterocycles. The molecule has 0 saturated carbocycles. The van der Waals surface area contributed by atoms with Gasteiger partial charge in [0.25, 0.3) is 0 Å². The van der Waals surface area contributed by atoms with E-state index in [0.29, 0.717) is 0 Å². The molecular formula is C18H11Cl5O6. The van der Waals surface area contributed by atoms with Crippen LogP contribution in [0.2, 0.25) is 25.1 Å². The fourth-order valence-corrected chi connectivity index (χ4v) is 3.30. The molecule has 0 aliphatic heterocycles. The molecule has 2 rings (SSSR count). The zero-order chi connectivity index (χ0) is 21.7. The van der Waals surface area contributed by atoms with E-state index in [0.717, 1.165) is 6.92 Å². The maximum Gasteiger partial charge on any atom is 0.330 e. The molecule has 0 fully saturated rings. The second kappa shape index (κ2) is 10.4. The van der Waals surface area contributed by atoms with Gasteiger partial charge in [0.2, 0.25) is 6.79 Å². The van der Waals surface area contributed by atoms with Crippen molar-refractivity contribution in [2.75, 3.05) is 6.79 Å². The number of hydrogen-bond acceptors (Lipinski definition) is 6. The van der Waals surface area contributed by atoms with Crippen LogP contribution in [0, 0.1) is 0 Å². The summed E-state index contributed by atoms with van der Waals surface area (Å²) in [6, 6.07) is 7.90. The van der Waals surface area contributed by atoms with E-state index >= 15 is 0 Å². The van der Waals surface area contributed by atoms with Crippen LogP contribution in [0.25, 0.3) is 0 Å². The molecule has 2 aromatic carbocycles. The molecule has 1 atom stereocenters. The Hall–Kier alpha value is -1.70. The number of hydrogen-bond donors (Lipinski definition) is 0. The van der Waals surface area contributed by atoms with Crippen LogP contribution in [0.3, 0.4) is 0 Å². The summed E-state index contributed by atoms with van der Waals surface area (Å²) in [5.74, 6) is -4.68. The van der Waals surface area contributed by atoms with Crippen LogP contribution in [0.4, 0.5) is 0 Å². The van der Waals surface area contributed by atoms with Gasteiger partial charge in [-0.1, -0.05) is 88.3 Å². The van der Waals surface area contributed by atoms with Crippen molar-refractivity contribution in [3.63, 3.8) is 0 Å². The monoisotopic (exact) mass is 498 g/mol. The minimum atomic E-state index is -1.54. The average molecular weight is 501 g/mol. The zero-order valence-corrected chi connectivity index (χ0v) is 18.3. The first-order valence-corrected chi connectivity index (χ1v) is 9.62. The Morgan fingerprint density at radius 2 is 1.31 bits per heavy atom. The number of esters is 3. The molecule has 0 aromatic heterocycles. The van der Waals surface area contributed by atoms with E-state index in [1.807, 2.05) is 0 Å². The molecule has 0 aliphatic rings. The summed E-state index contributed by atoms with van der Waals surface area (Å²) in [7, 11) is 0. The highest BCUT2D eigenvalue weighted by Crippen LogP contribution is 2.48. The topological polar surface area (TPSA) is 78.9 Å². The molecule has 0 amide bonds. The molecule has 29 heavy (non-hydrogen) atoms.